The average Bonchev–Trinajstić information content (AvgIpc) is 1.88. The van der Waals surface area contributed by atoms with E-state index in [1.807, 2.05) is 19.1 Å². The first-order chi connectivity index (χ1) is 4.70. The van der Waals surface area contributed by atoms with Crippen LogP contribution in [0.3, 0.4) is 0 Å². The second kappa shape index (κ2) is 2.89. The minimum absolute atomic E-state index is 0.0660. The van der Waals surface area contributed by atoms with E-state index in [-0.39, 0.29) is 5.52 Å². The van der Waals surface area contributed by atoms with Crippen molar-refractivity contribution in [1.29, 1.82) is 0 Å². The Morgan fingerprint density at radius 2 is 2.30 bits per heavy atom. The maximum absolute atomic E-state index is 10.7. The molecule has 1 aromatic heterocycles. The molecule has 1 unspecified atom stereocenters. The Morgan fingerprint density at radius 3 is 2.70 bits per heavy atom. The number of hydrogen-bond acceptors (Lipinski definition) is 2. The smallest absolute Gasteiger partial charge is 0.196 e. The minimum Gasteiger partial charge on any atom is -0.288 e. The second-order valence-corrected chi connectivity index (χ2v) is 2.55. The fourth-order valence-corrected chi connectivity index (χ4v) is 0.841. The summed E-state index contributed by atoms with van der Waals surface area (Å²) in [4.78, 5) is 14.7. The van der Waals surface area contributed by atoms with Crippen LogP contribution < -0.4 is 0 Å². The number of carbonyl (C=O) groups is 1. The molecule has 0 aliphatic carbocycles. The molecule has 0 aliphatic rings. The van der Waals surface area contributed by atoms with Gasteiger partial charge in [-0.1, -0.05) is 15.3 Å². The number of hydrogen-bond donors (Lipinski definition) is 0. The lowest BCUT2D eigenvalue weighted by molar-refractivity contribution is 0.108. The minimum atomic E-state index is -0.0660. The molecule has 0 aliphatic heterocycles. The second-order valence-electron chi connectivity index (χ2n) is 2.03. The summed E-state index contributed by atoms with van der Waals surface area (Å²) in [6, 6.07) is 5.37. The molecule has 0 amide bonds. The highest BCUT2D eigenvalue weighted by Crippen LogP contribution is 2.02. The van der Waals surface area contributed by atoms with E-state index in [2.05, 4.69) is 14.2 Å². The van der Waals surface area contributed by atoms with Crippen molar-refractivity contribution in [3.05, 3.63) is 29.6 Å². The summed E-state index contributed by atoms with van der Waals surface area (Å²) in [5.74, 6) is 0. The third-order valence-electron chi connectivity index (χ3n) is 1.14. The van der Waals surface area contributed by atoms with Gasteiger partial charge in [-0.3, -0.25) is 4.79 Å². The first-order valence-corrected chi connectivity index (χ1v) is 3.51. The lowest BCUT2D eigenvalue weighted by atomic mass is 10.3. The normalized spacial score (nSPS) is 9.40. The molecule has 3 heteroatoms. The van der Waals surface area contributed by atoms with Crippen molar-refractivity contribution in [2.75, 3.05) is 0 Å². The molecule has 0 bridgehead atoms. The molecule has 0 fully saturated rings. The Hall–Kier alpha value is -0.750. The Kier molecular flexibility index (Phi) is 2.13. The van der Waals surface area contributed by atoms with Gasteiger partial charge in [0, 0.05) is 5.69 Å². The summed E-state index contributed by atoms with van der Waals surface area (Å²) in [6.07, 6.45) is 0. The number of aryl methyl sites for hydroxylation is 1. The van der Waals surface area contributed by atoms with Gasteiger partial charge in [0.25, 0.3) is 0 Å². The SMILES string of the molecule is Cc1cccc(C(=O)P)n1. The predicted molar refractivity (Wildman–Crippen MR) is 43.0 cm³/mol. The molecule has 1 atom stereocenters. The van der Waals surface area contributed by atoms with E-state index in [0.717, 1.165) is 5.69 Å². The van der Waals surface area contributed by atoms with Gasteiger partial charge in [0.1, 0.15) is 5.69 Å². The maximum atomic E-state index is 10.7. The zero-order valence-electron chi connectivity index (χ0n) is 5.66. The van der Waals surface area contributed by atoms with Crippen LogP contribution in [-0.2, 0) is 0 Å². The molecule has 2 nitrogen and oxygen atoms in total. The zero-order chi connectivity index (χ0) is 7.56. The summed E-state index contributed by atoms with van der Waals surface area (Å²) in [5, 5.41) is 0. The topological polar surface area (TPSA) is 30.0 Å². The van der Waals surface area contributed by atoms with Gasteiger partial charge in [-0.05, 0) is 19.1 Å². The number of aromatic nitrogens is 1. The van der Waals surface area contributed by atoms with Gasteiger partial charge in [-0.15, -0.1) is 0 Å². The molecule has 0 spiro atoms. The van der Waals surface area contributed by atoms with Crippen LogP contribution in [0.15, 0.2) is 18.2 Å². The van der Waals surface area contributed by atoms with Gasteiger partial charge >= 0.3 is 0 Å². The first kappa shape index (κ1) is 7.36. The highest BCUT2D eigenvalue weighted by atomic mass is 31.0. The van der Waals surface area contributed by atoms with Crippen LogP contribution in [0, 0.1) is 6.92 Å². The van der Waals surface area contributed by atoms with Gasteiger partial charge in [0.05, 0.1) is 0 Å². The van der Waals surface area contributed by atoms with Gasteiger partial charge in [-0.2, -0.15) is 0 Å². The van der Waals surface area contributed by atoms with Crippen molar-refractivity contribution in [3.8, 4) is 0 Å². The molecule has 1 heterocycles. The molecule has 0 saturated heterocycles. The Balaban J connectivity index is 3.07. The summed E-state index contributed by atoms with van der Waals surface area (Å²) in [6.45, 7) is 1.86. The number of nitrogens with zero attached hydrogens (tertiary/aromatic N) is 1. The van der Waals surface area contributed by atoms with Crippen LogP contribution >= 0.6 is 9.24 Å². The molecule has 0 radical (unpaired) electrons. The van der Waals surface area contributed by atoms with Gasteiger partial charge in [0.2, 0.25) is 0 Å². The van der Waals surface area contributed by atoms with E-state index in [1.54, 1.807) is 6.07 Å². The van der Waals surface area contributed by atoms with Gasteiger partial charge in [-0.25, -0.2) is 4.98 Å². The molecule has 1 rings (SSSR count). The summed E-state index contributed by atoms with van der Waals surface area (Å²) >= 11 is 0. The highest BCUT2D eigenvalue weighted by Gasteiger charge is 1.98. The van der Waals surface area contributed by atoms with Crippen molar-refractivity contribution in [2.24, 2.45) is 0 Å². The number of pyridine rings is 1. The maximum Gasteiger partial charge on any atom is 0.196 e. The average molecular weight is 153 g/mol. The summed E-state index contributed by atoms with van der Waals surface area (Å²) in [7, 11) is 2.09. The van der Waals surface area contributed by atoms with E-state index in [1.165, 1.54) is 0 Å². The predicted octanol–water partition coefficient (Wildman–Crippen LogP) is 1.41. The van der Waals surface area contributed by atoms with E-state index >= 15 is 0 Å². The molecular weight excluding hydrogens is 145 g/mol. The van der Waals surface area contributed by atoms with Crippen LogP contribution in [0.2, 0.25) is 0 Å². The molecule has 0 saturated carbocycles. The Bertz CT molecular complexity index is 260. The van der Waals surface area contributed by atoms with Crippen LogP contribution in [0.4, 0.5) is 0 Å². The summed E-state index contributed by atoms with van der Waals surface area (Å²) < 4.78 is 0. The van der Waals surface area contributed by atoms with Crippen molar-refractivity contribution >= 4 is 14.8 Å². The molecule has 0 aromatic carbocycles. The van der Waals surface area contributed by atoms with Gasteiger partial charge < -0.3 is 0 Å². The van der Waals surface area contributed by atoms with Crippen LogP contribution in [0.5, 0.6) is 0 Å². The van der Waals surface area contributed by atoms with Crippen LogP contribution in [-0.4, -0.2) is 10.5 Å². The Labute approximate surface area is 61.9 Å². The molecule has 52 valence electrons. The molecule has 0 N–H and O–H groups in total. The van der Waals surface area contributed by atoms with E-state index in [4.69, 9.17) is 0 Å². The highest BCUT2D eigenvalue weighted by molar-refractivity contribution is 7.41. The van der Waals surface area contributed by atoms with Crippen LogP contribution in [0.25, 0.3) is 0 Å². The monoisotopic (exact) mass is 153 g/mol. The van der Waals surface area contributed by atoms with Gasteiger partial charge in [0.15, 0.2) is 5.52 Å². The molecular formula is C7H8NOP. The number of carbonyl (C=O) groups excluding carboxylic acids is 1. The quantitative estimate of drug-likeness (QED) is 0.571. The Morgan fingerprint density at radius 1 is 1.60 bits per heavy atom. The van der Waals surface area contributed by atoms with E-state index in [0.29, 0.717) is 5.69 Å². The lowest BCUT2D eigenvalue weighted by Crippen LogP contribution is -1.93. The third kappa shape index (κ3) is 1.61. The first-order valence-electron chi connectivity index (χ1n) is 2.93. The van der Waals surface area contributed by atoms with E-state index < -0.39 is 0 Å². The van der Waals surface area contributed by atoms with Crippen molar-refractivity contribution in [1.82, 2.24) is 4.98 Å². The standard InChI is InChI=1S/C7H8NOP/c1-5-3-2-4-6(8-5)7(9)10/h2-4H,10H2,1H3. The third-order valence-corrected chi connectivity index (χ3v) is 1.44. The van der Waals surface area contributed by atoms with E-state index in [9.17, 15) is 4.79 Å². The fourth-order valence-electron chi connectivity index (χ4n) is 0.680. The summed E-state index contributed by atoms with van der Waals surface area (Å²) in [5.41, 5.74) is 1.31. The molecule has 1 aromatic rings. The lowest BCUT2D eigenvalue weighted by Gasteiger charge is -1.93. The van der Waals surface area contributed by atoms with Crippen LogP contribution in [0.1, 0.15) is 16.2 Å². The largest absolute Gasteiger partial charge is 0.288 e. The van der Waals surface area contributed by atoms with Crippen molar-refractivity contribution in [3.63, 3.8) is 0 Å². The fraction of sp³-hybridized carbons (Fsp3) is 0.143. The number of rotatable bonds is 1. The molecule has 10 heavy (non-hydrogen) atoms. The zero-order valence-corrected chi connectivity index (χ0v) is 6.82. The van der Waals surface area contributed by atoms with Crippen molar-refractivity contribution in [2.45, 2.75) is 6.92 Å². The van der Waals surface area contributed by atoms with Crippen molar-refractivity contribution < 1.29 is 4.79 Å².